The largest absolute Gasteiger partial charge is 0.508 e. The van der Waals surface area contributed by atoms with E-state index in [9.17, 15) is 15.0 Å². The maximum atomic E-state index is 11.7. The Kier molecular flexibility index (Phi) is 7.96. The molecule has 2 aromatic rings. The molecule has 0 aliphatic carbocycles. The molecule has 2 aromatic carbocycles. The van der Waals surface area contributed by atoms with Crippen LogP contribution in [-0.2, 0) is 11.3 Å². The molecule has 1 aliphatic rings. The summed E-state index contributed by atoms with van der Waals surface area (Å²) in [5, 5.41) is 29.1. The summed E-state index contributed by atoms with van der Waals surface area (Å²) in [4.78, 5) is 17.7. The van der Waals surface area contributed by atoms with Gasteiger partial charge < -0.3 is 19.8 Å². The second kappa shape index (κ2) is 10.7. The number of likely N-dealkylation sites (N-methyl/N-ethyl adjacent to an activating group) is 1. The summed E-state index contributed by atoms with van der Waals surface area (Å²) in [5.41, 5.74) is 2.69. The van der Waals surface area contributed by atoms with Crippen LogP contribution in [0, 0.1) is 5.41 Å². The summed E-state index contributed by atoms with van der Waals surface area (Å²) >= 11 is 0. The van der Waals surface area contributed by atoms with Gasteiger partial charge in [0.1, 0.15) is 17.2 Å². The van der Waals surface area contributed by atoms with E-state index in [1.807, 2.05) is 26.0 Å². The Morgan fingerprint density at radius 2 is 1.85 bits per heavy atom. The Bertz CT molecular complexity index is 1070. The number of hydrogen-bond acceptors (Lipinski definition) is 7. The molecule has 0 atom stereocenters. The number of hydrogen-bond donors (Lipinski definition) is 3. The highest BCUT2D eigenvalue weighted by atomic mass is 16.5. The van der Waals surface area contributed by atoms with E-state index in [1.165, 1.54) is 11.0 Å². The molecule has 0 aromatic heterocycles. The molecule has 8 heteroatoms. The number of rotatable bonds is 8. The number of nitrogens with zero attached hydrogens (tertiary/aromatic N) is 3. The van der Waals surface area contributed by atoms with E-state index in [1.54, 1.807) is 19.2 Å². The standard InChI is InChI=1S/C26H34N4O4/c1-17(2)20-13-21(24(33)14-23(20)32)18(3)30(26(27)16-31)22-7-6-19(12-25(22)34-5)15-29-10-8-28(4)9-11-29/h6-7,12-14,16-17,27,32-33H,3,8-11,15H2,1-2,4-5H3. The molecule has 8 nitrogen and oxygen atoms in total. The maximum Gasteiger partial charge on any atom is 0.185 e. The molecule has 0 amide bonds. The number of nitrogens with one attached hydrogen (secondary N) is 1. The molecule has 0 unspecified atom stereocenters. The third-order valence-corrected chi connectivity index (χ3v) is 6.19. The third kappa shape index (κ3) is 5.40. The summed E-state index contributed by atoms with van der Waals surface area (Å²) in [7, 11) is 3.66. The second-order valence-corrected chi connectivity index (χ2v) is 8.95. The summed E-state index contributed by atoms with van der Waals surface area (Å²) in [6, 6.07) is 8.55. The summed E-state index contributed by atoms with van der Waals surface area (Å²) in [5.74, 6) is -0.0851. The van der Waals surface area contributed by atoms with Crippen molar-refractivity contribution in [1.82, 2.24) is 9.80 Å². The van der Waals surface area contributed by atoms with Gasteiger partial charge in [0.25, 0.3) is 0 Å². The van der Waals surface area contributed by atoms with Gasteiger partial charge in [-0.15, -0.1) is 0 Å². The minimum Gasteiger partial charge on any atom is -0.508 e. The Morgan fingerprint density at radius 1 is 1.18 bits per heavy atom. The second-order valence-electron chi connectivity index (χ2n) is 8.95. The van der Waals surface area contributed by atoms with Crippen molar-refractivity contribution in [2.24, 2.45) is 0 Å². The molecule has 1 saturated heterocycles. The predicted molar refractivity (Wildman–Crippen MR) is 135 cm³/mol. The van der Waals surface area contributed by atoms with Crippen molar-refractivity contribution in [2.75, 3.05) is 45.2 Å². The number of amidine groups is 1. The Morgan fingerprint density at radius 3 is 2.44 bits per heavy atom. The van der Waals surface area contributed by atoms with Crippen molar-refractivity contribution in [3.8, 4) is 17.2 Å². The zero-order valence-electron chi connectivity index (χ0n) is 20.3. The van der Waals surface area contributed by atoms with Gasteiger partial charge in [0, 0.05) is 44.4 Å². The highest BCUT2D eigenvalue weighted by Crippen LogP contribution is 2.40. The van der Waals surface area contributed by atoms with Gasteiger partial charge in [0.2, 0.25) is 0 Å². The first-order valence-electron chi connectivity index (χ1n) is 11.3. The SMILES string of the molecule is C=C(c1cc(C(C)C)c(O)cc1O)N(C(=N)C=O)c1ccc(CN2CCN(C)CC2)cc1OC. The monoisotopic (exact) mass is 466 g/mol. The van der Waals surface area contributed by atoms with Crippen LogP contribution in [0.2, 0.25) is 0 Å². The lowest BCUT2D eigenvalue weighted by molar-refractivity contribution is -0.102. The van der Waals surface area contributed by atoms with E-state index in [2.05, 4.69) is 23.4 Å². The number of piperazine rings is 1. The van der Waals surface area contributed by atoms with Gasteiger partial charge in [0.05, 0.1) is 18.5 Å². The first kappa shape index (κ1) is 25.3. The number of aromatic hydroxyl groups is 2. The summed E-state index contributed by atoms with van der Waals surface area (Å²) in [6.45, 7) is 12.7. The Balaban J connectivity index is 1.98. The summed E-state index contributed by atoms with van der Waals surface area (Å²) < 4.78 is 5.64. The number of carbonyl (C=O) groups is 1. The summed E-state index contributed by atoms with van der Waals surface area (Å²) in [6.07, 6.45) is 0.420. The number of benzene rings is 2. The fraction of sp³-hybridized carbons (Fsp3) is 0.385. The van der Waals surface area contributed by atoms with E-state index in [-0.39, 0.29) is 28.9 Å². The number of anilines is 1. The predicted octanol–water partition coefficient (Wildman–Crippen LogP) is 3.63. The average Bonchev–Trinajstić information content (AvgIpc) is 2.80. The van der Waals surface area contributed by atoms with Gasteiger partial charge >= 0.3 is 0 Å². The van der Waals surface area contributed by atoms with Crippen LogP contribution in [0.1, 0.15) is 36.5 Å². The smallest absolute Gasteiger partial charge is 0.185 e. The van der Waals surface area contributed by atoms with Crippen LogP contribution >= 0.6 is 0 Å². The van der Waals surface area contributed by atoms with Crippen LogP contribution in [0.15, 0.2) is 36.9 Å². The first-order valence-corrected chi connectivity index (χ1v) is 11.3. The van der Waals surface area contributed by atoms with E-state index in [0.717, 1.165) is 38.3 Å². The molecule has 34 heavy (non-hydrogen) atoms. The fourth-order valence-corrected chi connectivity index (χ4v) is 4.15. The molecule has 0 radical (unpaired) electrons. The normalized spacial score (nSPS) is 14.7. The van der Waals surface area contributed by atoms with Crippen LogP contribution in [0.5, 0.6) is 17.2 Å². The van der Waals surface area contributed by atoms with Gasteiger partial charge in [-0.25, -0.2) is 0 Å². The number of ether oxygens (including phenoxy) is 1. The number of carbonyl (C=O) groups excluding carboxylic acids is 1. The fourth-order valence-electron chi connectivity index (χ4n) is 4.15. The minimum absolute atomic E-state index is 0.00508. The molecular formula is C26H34N4O4. The van der Waals surface area contributed by atoms with Crippen molar-refractivity contribution in [3.63, 3.8) is 0 Å². The van der Waals surface area contributed by atoms with E-state index < -0.39 is 0 Å². The van der Waals surface area contributed by atoms with Crippen LogP contribution in [0.4, 0.5) is 5.69 Å². The van der Waals surface area contributed by atoms with Gasteiger partial charge in [-0.2, -0.15) is 0 Å². The number of methoxy groups -OCH3 is 1. The number of phenolic OH excluding ortho intramolecular Hbond substituents is 2. The van der Waals surface area contributed by atoms with Gasteiger partial charge in [-0.05, 0) is 42.3 Å². The van der Waals surface area contributed by atoms with Gasteiger partial charge in [0.15, 0.2) is 12.1 Å². The zero-order chi connectivity index (χ0) is 25.0. The molecular weight excluding hydrogens is 432 g/mol. The van der Waals surface area contributed by atoms with Gasteiger partial charge in [-0.1, -0.05) is 26.5 Å². The van der Waals surface area contributed by atoms with Crippen LogP contribution in [-0.4, -0.2) is 72.5 Å². The molecule has 1 fully saturated rings. The lowest BCUT2D eigenvalue weighted by Gasteiger charge is -2.32. The topological polar surface area (TPSA) is 100 Å². The maximum absolute atomic E-state index is 11.7. The highest BCUT2D eigenvalue weighted by Gasteiger charge is 2.24. The molecule has 0 spiro atoms. The first-order chi connectivity index (χ1) is 16.2. The average molecular weight is 467 g/mol. The van der Waals surface area contributed by atoms with Crippen LogP contribution in [0.3, 0.4) is 0 Å². The van der Waals surface area contributed by atoms with Gasteiger partial charge in [-0.3, -0.25) is 20.0 Å². The zero-order valence-corrected chi connectivity index (χ0v) is 20.3. The third-order valence-electron chi connectivity index (χ3n) is 6.19. The van der Waals surface area contributed by atoms with E-state index >= 15 is 0 Å². The van der Waals surface area contributed by atoms with Crippen molar-refractivity contribution in [2.45, 2.75) is 26.3 Å². The molecule has 1 heterocycles. The van der Waals surface area contributed by atoms with Crippen LogP contribution < -0.4 is 9.64 Å². The number of phenols is 2. The lowest BCUT2D eigenvalue weighted by atomic mass is 9.97. The van der Waals surface area contributed by atoms with Crippen molar-refractivity contribution in [3.05, 3.63) is 53.6 Å². The van der Waals surface area contributed by atoms with Crippen molar-refractivity contribution in [1.29, 1.82) is 5.41 Å². The highest BCUT2D eigenvalue weighted by molar-refractivity contribution is 6.36. The molecule has 0 bridgehead atoms. The van der Waals surface area contributed by atoms with Crippen molar-refractivity contribution >= 4 is 23.5 Å². The number of aldehydes is 1. The minimum atomic E-state index is -0.353. The van der Waals surface area contributed by atoms with Crippen LogP contribution in [0.25, 0.3) is 5.70 Å². The lowest BCUT2D eigenvalue weighted by Crippen LogP contribution is -2.43. The molecule has 0 saturated carbocycles. The quantitative estimate of drug-likeness (QED) is 0.310. The molecule has 3 N–H and O–H groups in total. The van der Waals surface area contributed by atoms with Crippen molar-refractivity contribution < 1.29 is 19.7 Å². The van der Waals surface area contributed by atoms with E-state index in [4.69, 9.17) is 10.1 Å². The Labute approximate surface area is 201 Å². The van der Waals surface area contributed by atoms with E-state index in [0.29, 0.717) is 28.8 Å². The molecule has 1 aliphatic heterocycles. The Hall–Kier alpha value is -3.36. The molecule has 3 rings (SSSR count). The molecule has 182 valence electrons.